The zero-order valence-corrected chi connectivity index (χ0v) is 12.6. The summed E-state index contributed by atoms with van der Waals surface area (Å²) in [4.78, 5) is 2.22. The predicted octanol–water partition coefficient (Wildman–Crippen LogP) is 0.388. The van der Waals surface area contributed by atoms with E-state index in [0.717, 1.165) is 19.5 Å². The average Bonchev–Trinajstić information content (AvgIpc) is 3.12. The van der Waals surface area contributed by atoms with Crippen molar-refractivity contribution in [1.29, 1.82) is 0 Å². The summed E-state index contributed by atoms with van der Waals surface area (Å²) in [5.41, 5.74) is 0. The fourth-order valence-corrected chi connectivity index (χ4v) is 2.79. The average molecular weight is 277 g/mol. The molecule has 0 heterocycles. The monoisotopic (exact) mass is 277 g/mol. The fourth-order valence-electron chi connectivity index (χ4n) is 1.80. The van der Waals surface area contributed by atoms with Crippen LogP contribution in [-0.4, -0.2) is 57.8 Å². The number of rotatable bonds is 10. The van der Waals surface area contributed by atoms with E-state index in [2.05, 4.69) is 28.9 Å². The summed E-state index contributed by atoms with van der Waals surface area (Å²) in [7, 11) is -1.13. The van der Waals surface area contributed by atoms with Crippen molar-refractivity contribution in [2.24, 2.45) is 0 Å². The molecule has 0 aromatic heterocycles. The minimum Gasteiger partial charge on any atom is -0.315 e. The third-order valence-electron chi connectivity index (χ3n) is 3.33. The summed E-state index contributed by atoms with van der Waals surface area (Å²) >= 11 is 0. The van der Waals surface area contributed by atoms with Crippen LogP contribution in [-0.2, 0) is 10.0 Å². The van der Waals surface area contributed by atoms with Crippen molar-refractivity contribution in [1.82, 2.24) is 14.9 Å². The Morgan fingerprint density at radius 2 is 2.00 bits per heavy atom. The van der Waals surface area contributed by atoms with E-state index in [1.54, 1.807) is 6.92 Å². The number of hydrogen-bond donors (Lipinski definition) is 2. The Morgan fingerprint density at radius 3 is 2.56 bits per heavy atom. The van der Waals surface area contributed by atoms with Crippen LogP contribution in [0.1, 0.15) is 33.1 Å². The molecule has 108 valence electrons. The second-order valence-corrected chi connectivity index (χ2v) is 7.35. The van der Waals surface area contributed by atoms with Crippen molar-refractivity contribution in [2.75, 3.05) is 33.2 Å². The number of hydrogen-bond acceptors (Lipinski definition) is 4. The van der Waals surface area contributed by atoms with Crippen LogP contribution in [0.3, 0.4) is 0 Å². The minimum absolute atomic E-state index is 0.379. The molecular weight excluding hydrogens is 250 g/mol. The first-order valence-electron chi connectivity index (χ1n) is 6.86. The Kier molecular flexibility index (Phi) is 6.55. The van der Waals surface area contributed by atoms with Crippen LogP contribution >= 0.6 is 0 Å². The molecule has 0 aromatic carbocycles. The summed E-state index contributed by atoms with van der Waals surface area (Å²) in [6.07, 6.45) is 3.52. The van der Waals surface area contributed by atoms with Crippen molar-refractivity contribution in [3.05, 3.63) is 0 Å². The first kappa shape index (κ1) is 15.9. The first-order chi connectivity index (χ1) is 8.47. The van der Waals surface area contributed by atoms with Gasteiger partial charge in [0.2, 0.25) is 10.0 Å². The molecule has 2 N–H and O–H groups in total. The van der Waals surface area contributed by atoms with Crippen LogP contribution in [0, 0.1) is 0 Å². The second-order valence-electron chi connectivity index (χ2n) is 5.17. The summed E-state index contributed by atoms with van der Waals surface area (Å²) in [6, 6.07) is 0.679. The first-order valence-corrected chi connectivity index (χ1v) is 8.41. The third-order valence-corrected chi connectivity index (χ3v) is 5.16. The maximum absolute atomic E-state index is 11.9. The van der Waals surface area contributed by atoms with E-state index in [1.807, 2.05) is 0 Å². The van der Waals surface area contributed by atoms with E-state index in [1.165, 1.54) is 12.8 Å². The van der Waals surface area contributed by atoms with Crippen molar-refractivity contribution in [2.45, 2.75) is 44.4 Å². The Balaban J connectivity index is 2.20. The largest absolute Gasteiger partial charge is 0.315 e. The molecule has 1 atom stereocenters. The molecule has 1 aliphatic carbocycles. The van der Waals surface area contributed by atoms with E-state index in [9.17, 15) is 8.42 Å². The van der Waals surface area contributed by atoms with E-state index in [0.29, 0.717) is 19.1 Å². The Morgan fingerprint density at radius 1 is 1.33 bits per heavy atom. The maximum Gasteiger partial charge on any atom is 0.215 e. The highest BCUT2D eigenvalue weighted by Gasteiger charge is 2.26. The summed E-state index contributed by atoms with van der Waals surface area (Å²) in [6.45, 7) is 6.49. The van der Waals surface area contributed by atoms with Gasteiger partial charge in [-0.25, -0.2) is 13.1 Å². The molecule has 1 rings (SSSR count). The van der Waals surface area contributed by atoms with Crippen molar-refractivity contribution >= 4 is 10.0 Å². The van der Waals surface area contributed by atoms with Gasteiger partial charge < -0.3 is 10.2 Å². The number of nitrogens with zero attached hydrogens (tertiary/aromatic N) is 1. The van der Waals surface area contributed by atoms with Gasteiger partial charge >= 0.3 is 0 Å². The normalized spacial score (nSPS) is 18.2. The molecular formula is C12H27N3O2S. The topological polar surface area (TPSA) is 61.4 Å². The molecule has 5 nitrogen and oxygen atoms in total. The highest BCUT2D eigenvalue weighted by atomic mass is 32.2. The number of likely N-dealkylation sites (N-methyl/N-ethyl adjacent to an activating group) is 1. The molecule has 0 aliphatic heterocycles. The number of nitrogens with one attached hydrogen (secondary N) is 2. The summed E-state index contributed by atoms with van der Waals surface area (Å²) in [5.74, 6) is 0. The van der Waals surface area contributed by atoms with Crippen LogP contribution in [0.5, 0.6) is 0 Å². The molecule has 1 aliphatic rings. The van der Waals surface area contributed by atoms with Crippen molar-refractivity contribution < 1.29 is 8.42 Å². The summed E-state index contributed by atoms with van der Waals surface area (Å²) < 4.78 is 26.5. The van der Waals surface area contributed by atoms with Gasteiger partial charge in [0.05, 0.1) is 5.25 Å². The standard InChI is InChI=1S/C12H27N3O2S/c1-4-7-13-10-11(2)18(16,17)14-8-9-15(3)12-5-6-12/h11-14H,4-10H2,1-3H3. The zero-order chi connectivity index (χ0) is 13.6. The SMILES string of the molecule is CCCNCC(C)S(=O)(=O)NCCN(C)C1CC1. The van der Waals surface area contributed by atoms with E-state index in [-0.39, 0.29) is 5.25 Å². The number of sulfonamides is 1. The van der Waals surface area contributed by atoms with Crippen LogP contribution < -0.4 is 10.0 Å². The van der Waals surface area contributed by atoms with Crippen molar-refractivity contribution in [3.63, 3.8) is 0 Å². The van der Waals surface area contributed by atoms with E-state index in [4.69, 9.17) is 0 Å². The van der Waals surface area contributed by atoms with Crippen LogP contribution in [0.4, 0.5) is 0 Å². The molecule has 0 radical (unpaired) electrons. The molecule has 0 bridgehead atoms. The van der Waals surface area contributed by atoms with Gasteiger partial charge in [0, 0.05) is 25.7 Å². The minimum atomic E-state index is -3.18. The van der Waals surface area contributed by atoms with Gasteiger partial charge in [-0.3, -0.25) is 0 Å². The zero-order valence-electron chi connectivity index (χ0n) is 11.8. The van der Waals surface area contributed by atoms with Gasteiger partial charge in [0.25, 0.3) is 0 Å². The van der Waals surface area contributed by atoms with Crippen molar-refractivity contribution in [3.8, 4) is 0 Å². The molecule has 18 heavy (non-hydrogen) atoms. The highest BCUT2D eigenvalue weighted by Crippen LogP contribution is 2.24. The van der Waals surface area contributed by atoms with Crippen LogP contribution in [0.2, 0.25) is 0 Å². The van der Waals surface area contributed by atoms with Crippen LogP contribution in [0.25, 0.3) is 0 Å². The second kappa shape index (κ2) is 7.43. The molecule has 0 aromatic rings. The lowest BCUT2D eigenvalue weighted by atomic mass is 10.4. The molecule has 0 amide bonds. The molecule has 0 spiro atoms. The summed E-state index contributed by atoms with van der Waals surface area (Å²) in [5, 5.41) is 2.76. The highest BCUT2D eigenvalue weighted by molar-refractivity contribution is 7.90. The van der Waals surface area contributed by atoms with Gasteiger partial charge in [-0.1, -0.05) is 6.92 Å². The molecule has 0 saturated heterocycles. The lowest BCUT2D eigenvalue weighted by Gasteiger charge is -2.18. The smallest absolute Gasteiger partial charge is 0.215 e. The lowest BCUT2D eigenvalue weighted by molar-refractivity contribution is 0.329. The van der Waals surface area contributed by atoms with Gasteiger partial charge in [-0.15, -0.1) is 0 Å². The quantitative estimate of drug-likeness (QED) is 0.567. The Hall–Kier alpha value is -0.170. The van der Waals surface area contributed by atoms with Gasteiger partial charge in [-0.05, 0) is 39.8 Å². The molecule has 1 fully saturated rings. The van der Waals surface area contributed by atoms with Gasteiger partial charge in [0.15, 0.2) is 0 Å². The molecule has 6 heteroatoms. The Bertz CT molecular complexity index is 328. The Labute approximate surface area is 111 Å². The van der Waals surface area contributed by atoms with E-state index >= 15 is 0 Å². The van der Waals surface area contributed by atoms with Gasteiger partial charge in [0.1, 0.15) is 0 Å². The lowest BCUT2D eigenvalue weighted by Crippen LogP contribution is -2.42. The predicted molar refractivity (Wildman–Crippen MR) is 75.2 cm³/mol. The fraction of sp³-hybridized carbons (Fsp3) is 1.00. The van der Waals surface area contributed by atoms with Crippen LogP contribution in [0.15, 0.2) is 0 Å². The van der Waals surface area contributed by atoms with E-state index < -0.39 is 10.0 Å². The maximum atomic E-state index is 11.9. The third kappa shape index (κ3) is 5.65. The molecule has 1 saturated carbocycles. The molecule has 1 unspecified atom stereocenters. The van der Waals surface area contributed by atoms with Gasteiger partial charge in [-0.2, -0.15) is 0 Å².